The number of aryl methyl sites for hydroxylation is 1. The quantitative estimate of drug-likeness (QED) is 0.514. The van der Waals surface area contributed by atoms with Gasteiger partial charge in [-0.25, -0.2) is 0 Å². The molecule has 2 aliphatic carbocycles. The molecule has 4 atom stereocenters. The topological polar surface area (TPSA) is 37.3 Å². The number of alkyl halides is 3. The number of aliphatic carboxylic acids is 1. The predicted molar refractivity (Wildman–Crippen MR) is 106 cm³/mol. The van der Waals surface area contributed by atoms with Gasteiger partial charge in [-0.15, -0.1) is 0 Å². The molecule has 4 unspecified atom stereocenters. The molecule has 1 N–H and O–H groups in total. The number of carboxylic acids is 1. The van der Waals surface area contributed by atoms with Gasteiger partial charge in [0, 0.05) is 0 Å². The first-order valence-corrected chi connectivity index (χ1v) is 13.4. The summed E-state index contributed by atoms with van der Waals surface area (Å²) < 4.78 is 2.35. The number of carbonyl (C=O) groups is 1. The van der Waals surface area contributed by atoms with Crippen molar-refractivity contribution in [2.75, 3.05) is 4.43 Å². The van der Waals surface area contributed by atoms with Gasteiger partial charge in [-0.05, 0) is 0 Å². The van der Waals surface area contributed by atoms with Gasteiger partial charge < -0.3 is 0 Å². The van der Waals surface area contributed by atoms with Gasteiger partial charge in [0.2, 0.25) is 0 Å². The molecule has 1 aromatic carbocycles. The summed E-state index contributed by atoms with van der Waals surface area (Å²) >= 11 is -1.23. The molecule has 5 rings (SSSR count). The van der Waals surface area contributed by atoms with E-state index in [9.17, 15) is 9.90 Å². The van der Waals surface area contributed by atoms with Crippen LogP contribution in [0.2, 0.25) is 0 Å². The van der Waals surface area contributed by atoms with Crippen molar-refractivity contribution in [3.8, 4) is 0 Å². The Morgan fingerprint density at radius 1 is 1.21 bits per heavy atom. The third-order valence-corrected chi connectivity index (χ3v) is 16.9. The fraction of sp³-hybridized carbons (Fsp3) is 0.667. The minimum atomic E-state index is -1.23. The van der Waals surface area contributed by atoms with Crippen LogP contribution in [0.25, 0.3) is 0 Å². The Morgan fingerprint density at radius 2 is 2.04 bits per heavy atom. The summed E-state index contributed by atoms with van der Waals surface area (Å²) in [4.78, 5) is 11.8. The molecule has 0 bridgehead atoms. The summed E-state index contributed by atoms with van der Waals surface area (Å²) in [5, 5.41) is 9.68. The van der Waals surface area contributed by atoms with Gasteiger partial charge in [0.15, 0.2) is 0 Å². The van der Waals surface area contributed by atoms with Crippen LogP contribution in [-0.2, 0) is 11.2 Å². The summed E-state index contributed by atoms with van der Waals surface area (Å²) in [6, 6.07) is 7.39. The van der Waals surface area contributed by atoms with Crippen LogP contribution in [0.4, 0.5) is 0 Å². The first kappa shape index (κ1) is 15.7. The normalized spacial score (nSPS) is 39.0. The second-order valence-electron chi connectivity index (χ2n) is 8.48. The van der Waals surface area contributed by atoms with Crippen LogP contribution in [0.5, 0.6) is 0 Å². The molecule has 2 nitrogen and oxygen atoms in total. The monoisotopic (exact) mass is 438 g/mol. The van der Waals surface area contributed by atoms with E-state index in [4.69, 9.17) is 0 Å². The summed E-state index contributed by atoms with van der Waals surface area (Å²) in [5.41, 5.74) is 4.86. The predicted octanol–water partition coefficient (Wildman–Crippen LogP) is 5.13. The average molecular weight is 438 g/mol. The number of carboxylic acid groups (broad SMARTS) is 1. The van der Waals surface area contributed by atoms with Crippen molar-refractivity contribution in [1.82, 2.24) is 0 Å². The second-order valence-corrected chi connectivity index (χ2v) is 15.9. The SMILES string of the molecule is CC12CCC3c4ccc(C5CC5)cc4CCC3I1CCC2C(=O)O. The molecule has 130 valence electrons. The van der Waals surface area contributed by atoms with Crippen molar-refractivity contribution in [3.05, 3.63) is 34.9 Å². The van der Waals surface area contributed by atoms with Crippen LogP contribution in [0.3, 0.4) is 0 Å². The molecule has 24 heavy (non-hydrogen) atoms. The van der Waals surface area contributed by atoms with E-state index >= 15 is 0 Å². The Morgan fingerprint density at radius 3 is 2.79 bits per heavy atom. The van der Waals surface area contributed by atoms with Crippen LogP contribution in [0.15, 0.2) is 18.2 Å². The molecule has 2 heterocycles. The Balaban J connectivity index is 1.47. The standard InChI is InChI=1S/C21H27IO2/c1-21-10-8-17-16-6-4-14(13-2-3-13)12-15(16)5-7-19(17)22(21)11-9-18(21)20(23)24/h4,6,12-13,17-19H,2-3,5,7-11H2,1H3,(H,23,24). The van der Waals surface area contributed by atoms with Gasteiger partial charge in [0.25, 0.3) is 0 Å². The molecule has 4 aliphatic rings. The fourth-order valence-corrected chi connectivity index (χ4v) is 16.3. The van der Waals surface area contributed by atoms with Crippen LogP contribution in [0.1, 0.15) is 74.0 Å². The van der Waals surface area contributed by atoms with Crippen molar-refractivity contribution >= 4 is 25.8 Å². The fourth-order valence-electron chi connectivity index (χ4n) is 5.70. The zero-order valence-electron chi connectivity index (χ0n) is 14.4. The number of rotatable bonds is 2. The molecule has 2 aliphatic heterocycles. The third kappa shape index (κ3) is 2.22. The molecule has 1 saturated carbocycles. The molecule has 0 radical (unpaired) electrons. The Hall–Kier alpha value is -0.580. The summed E-state index contributed by atoms with van der Waals surface area (Å²) in [6.07, 6.45) is 8.73. The van der Waals surface area contributed by atoms with Crippen LogP contribution < -0.4 is 0 Å². The first-order chi connectivity index (χ1) is 11.6. The van der Waals surface area contributed by atoms with E-state index in [0.717, 1.165) is 22.2 Å². The second kappa shape index (κ2) is 5.46. The third-order valence-electron chi connectivity index (χ3n) is 7.20. The van der Waals surface area contributed by atoms with Crippen LogP contribution >= 0.6 is 19.8 Å². The van der Waals surface area contributed by atoms with E-state index in [1.54, 1.807) is 16.7 Å². The number of fused-ring (bicyclic) bond motifs is 5. The van der Waals surface area contributed by atoms with Crippen molar-refractivity contribution in [1.29, 1.82) is 0 Å². The summed E-state index contributed by atoms with van der Waals surface area (Å²) in [5.74, 6) is 1.06. The van der Waals surface area contributed by atoms with E-state index in [1.165, 1.54) is 43.0 Å². The molecular formula is C21H27IO2. The average Bonchev–Trinajstić information content (AvgIpc) is 3.35. The number of benzene rings is 1. The van der Waals surface area contributed by atoms with Crippen molar-refractivity contribution < 1.29 is 9.90 Å². The van der Waals surface area contributed by atoms with Gasteiger partial charge in [-0.2, -0.15) is 0 Å². The van der Waals surface area contributed by atoms with Gasteiger partial charge in [-0.3, -0.25) is 0 Å². The molecular weight excluding hydrogens is 411 g/mol. The Labute approximate surface area is 151 Å². The van der Waals surface area contributed by atoms with Gasteiger partial charge in [0.1, 0.15) is 0 Å². The Kier molecular flexibility index (Phi) is 3.56. The van der Waals surface area contributed by atoms with E-state index in [2.05, 4.69) is 25.1 Å². The molecule has 3 heteroatoms. The number of hydrogen-bond donors (Lipinski definition) is 1. The van der Waals surface area contributed by atoms with E-state index in [-0.39, 0.29) is 9.34 Å². The molecule has 0 aromatic heterocycles. The first-order valence-electron chi connectivity index (χ1n) is 9.58. The summed E-state index contributed by atoms with van der Waals surface area (Å²) in [6.45, 7) is 2.35. The maximum absolute atomic E-state index is 11.8. The maximum atomic E-state index is 11.8. The molecule has 1 aromatic rings. The van der Waals surface area contributed by atoms with Gasteiger partial charge >= 0.3 is 152 Å². The van der Waals surface area contributed by atoms with Crippen molar-refractivity contribution in [2.45, 2.75) is 71.1 Å². The van der Waals surface area contributed by atoms with Crippen molar-refractivity contribution in [2.24, 2.45) is 5.92 Å². The van der Waals surface area contributed by atoms with E-state index < -0.39 is 25.8 Å². The molecule has 3 fully saturated rings. The molecule has 2 saturated heterocycles. The van der Waals surface area contributed by atoms with Gasteiger partial charge in [0.05, 0.1) is 0 Å². The summed E-state index contributed by atoms with van der Waals surface area (Å²) in [7, 11) is 0. The number of halogens is 1. The van der Waals surface area contributed by atoms with Crippen LogP contribution in [0, 0.1) is 5.92 Å². The van der Waals surface area contributed by atoms with Gasteiger partial charge in [-0.1, -0.05) is 0 Å². The van der Waals surface area contributed by atoms with Crippen molar-refractivity contribution in [3.63, 3.8) is 0 Å². The van der Waals surface area contributed by atoms with E-state index in [0.29, 0.717) is 0 Å². The Bertz CT molecular complexity index is 695. The minimum absolute atomic E-state index is 0.0395. The zero-order valence-corrected chi connectivity index (χ0v) is 16.6. The van der Waals surface area contributed by atoms with E-state index in [1.807, 2.05) is 0 Å². The number of hydrogen-bond acceptors (Lipinski definition) is 1. The molecule has 0 spiro atoms. The van der Waals surface area contributed by atoms with Crippen LogP contribution in [-0.4, -0.2) is 22.8 Å². The zero-order chi connectivity index (χ0) is 16.5. The molecule has 0 amide bonds.